The Morgan fingerprint density at radius 3 is 2.45 bits per heavy atom. The molecule has 1 unspecified atom stereocenters. The maximum absolute atomic E-state index is 5.94. The third kappa shape index (κ3) is 3.19. The fraction of sp³-hybridized carbons (Fsp3) is 0.647. The minimum Gasteiger partial charge on any atom is -0.350 e. The van der Waals surface area contributed by atoms with E-state index in [-0.39, 0.29) is 5.41 Å². The summed E-state index contributed by atoms with van der Waals surface area (Å²) < 4.78 is 11.8. The van der Waals surface area contributed by atoms with Gasteiger partial charge in [-0.15, -0.1) is 0 Å². The summed E-state index contributed by atoms with van der Waals surface area (Å²) in [5, 5.41) is 0.813. The molecule has 0 amide bonds. The highest BCUT2D eigenvalue weighted by molar-refractivity contribution is 6.30. The van der Waals surface area contributed by atoms with Crippen molar-refractivity contribution in [2.24, 2.45) is 11.3 Å². The van der Waals surface area contributed by atoms with Gasteiger partial charge in [0.15, 0.2) is 5.79 Å². The third-order valence-corrected chi connectivity index (χ3v) is 4.95. The van der Waals surface area contributed by atoms with Crippen molar-refractivity contribution in [2.75, 3.05) is 13.2 Å². The molecule has 3 heteroatoms. The summed E-state index contributed by atoms with van der Waals surface area (Å²) in [5.74, 6) is 0.337. The number of hydrogen-bond donors (Lipinski definition) is 0. The van der Waals surface area contributed by atoms with Gasteiger partial charge in [0.1, 0.15) is 0 Å². The lowest BCUT2D eigenvalue weighted by Crippen LogP contribution is -2.45. The highest BCUT2D eigenvalue weighted by Gasteiger charge is 2.44. The van der Waals surface area contributed by atoms with Crippen molar-refractivity contribution in [3.63, 3.8) is 0 Å². The quantitative estimate of drug-likeness (QED) is 0.802. The van der Waals surface area contributed by atoms with Gasteiger partial charge < -0.3 is 9.47 Å². The molecule has 1 saturated carbocycles. The molecule has 1 spiro atoms. The van der Waals surface area contributed by atoms with Crippen LogP contribution in [0.5, 0.6) is 0 Å². The van der Waals surface area contributed by atoms with Gasteiger partial charge in [0.05, 0.1) is 13.2 Å². The van der Waals surface area contributed by atoms with Crippen LogP contribution in [0.15, 0.2) is 24.3 Å². The summed E-state index contributed by atoms with van der Waals surface area (Å²) >= 11 is 5.94. The van der Waals surface area contributed by atoms with Crippen LogP contribution in [0.4, 0.5) is 0 Å². The average Bonchev–Trinajstić information content (AvgIpc) is 2.80. The van der Waals surface area contributed by atoms with Crippen molar-refractivity contribution in [1.82, 2.24) is 0 Å². The lowest BCUT2D eigenvalue weighted by atomic mass is 9.85. The summed E-state index contributed by atoms with van der Waals surface area (Å²) in [7, 11) is 0. The summed E-state index contributed by atoms with van der Waals surface area (Å²) in [4.78, 5) is 0. The Morgan fingerprint density at radius 2 is 1.80 bits per heavy atom. The number of benzene rings is 1. The molecule has 1 heterocycles. The third-order valence-electron chi connectivity index (χ3n) is 4.69. The Balaban J connectivity index is 1.58. The van der Waals surface area contributed by atoms with Crippen LogP contribution in [-0.4, -0.2) is 19.0 Å². The minimum absolute atomic E-state index is 0.257. The number of rotatable bonds is 2. The Kier molecular flexibility index (Phi) is 3.83. The monoisotopic (exact) mass is 294 g/mol. The Morgan fingerprint density at radius 1 is 1.15 bits per heavy atom. The SMILES string of the molecule is CC1(C)OCC2(CCC(Cc3ccc(Cl)cc3)C2)CO1. The normalized spacial score (nSPS) is 27.9. The lowest BCUT2D eigenvalue weighted by molar-refractivity contribution is -0.284. The van der Waals surface area contributed by atoms with Crippen molar-refractivity contribution < 1.29 is 9.47 Å². The van der Waals surface area contributed by atoms with Gasteiger partial charge in [-0.25, -0.2) is 0 Å². The van der Waals surface area contributed by atoms with Crippen LogP contribution in [0.1, 0.15) is 38.7 Å². The minimum atomic E-state index is -0.403. The second-order valence-electron chi connectivity index (χ2n) is 6.92. The summed E-state index contributed by atoms with van der Waals surface area (Å²) in [6, 6.07) is 8.25. The van der Waals surface area contributed by atoms with Gasteiger partial charge in [-0.2, -0.15) is 0 Å². The van der Waals surface area contributed by atoms with E-state index in [0.29, 0.717) is 0 Å². The molecule has 0 N–H and O–H groups in total. The molecule has 110 valence electrons. The first-order valence-electron chi connectivity index (χ1n) is 7.49. The van der Waals surface area contributed by atoms with Crippen LogP contribution in [0.3, 0.4) is 0 Å². The van der Waals surface area contributed by atoms with E-state index in [9.17, 15) is 0 Å². The predicted octanol–water partition coefficient (Wildman–Crippen LogP) is 4.45. The number of hydrogen-bond acceptors (Lipinski definition) is 2. The molecule has 1 aromatic carbocycles. The van der Waals surface area contributed by atoms with Crippen molar-refractivity contribution in [3.8, 4) is 0 Å². The molecule has 0 radical (unpaired) electrons. The van der Waals surface area contributed by atoms with Crippen LogP contribution in [0, 0.1) is 11.3 Å². The van der Waals surface area contributed by atoms with Crippen molar-refractivity contribution in [3.05, 3.63) is 34.9 Å². The van der Waals surface area contributed by atoms with E-state index in [0.717, 1.165) is 30.6 Å². The molecule has 1 aromatic rings. The van der Waals surface area contributed by atoms with Crippen LogP contribution >= 0.6 is 11.6 Å². The van der Waals surface area contributed by atoms with Crippen LogP contribution in [0.2, 0.25) is 5.02 Å². The van der Waals surface area contributed by atoms with Crippen molar-refractivity contribution >= 4 is 11.6 Å². The van der Waals surface area contributed by atoms with Crippen LogP contribution < -0.4 is 0 Å². The molecule has 0 aromatic heterocycles. The van der Waals surface area contributed by atoms with E-state index in [1.165, 1.54) is 24.8 Å². The Labute approximate surface area is 126 Å². The largest absolute Gasteiger partial charge is 0.350 e. The first kappa shape index (κ1) is 14.4. The predicted molar refractivity (Wildman–Crippen MR) is 80.9 cm³/mol. The van der Waals surface area contributed by atoms with Gasteiger partial charge in [-0.1, -0.05) is 23.7 Å². The van der Waals surface area contributed by atoms with E-state index in [2.05, 4.69) is 12.1 Å². The van der Waals surface area contributed by atoms with Crippen molar-refractivity contribution in [2.45, 2.75) is 45.3 Å². The van der Waals surface area contributed by atoms with E-state index >= 15 is 0 Å². The molecule has 20 heavy (non-hydrogen) atoms. The summed E-state index contributed by atoms with van der Waals surface area (Å²) in [5.41, 5.74) is 1.64. The van der Waals surface area contributed by atoms with E-state index in [4.69, 9.17) is 21.1 Å². The van der Waals surface area contributed by atoms with Gasteiger partial charge in [0.25, 0.3) is 0 Å². The highest BCUT2D eigenvalue weighted by Crippen LogP contribution is 2.46. The topological polar surface area (TPSA) is 18.5 Å². The fourth-order valence-electron chi connectivity index (χ4n) is 3.45. The van der Waals surface area contributed by atoms with Gasteiger partial charge in [0.2, 0.25) is 0 Å². The van der Waals surface area contributed by atoms with Crippen LogP contribution in [-0.2, 0) is 15.9 Å². The van der Waals surface area contributed by atoms with Crippen LogP contribution in [0.25, 0.3) is 0 Å². The molecule has 1 atom stereocenters. The molecular formula is C17H23ClO2. The second kappa shape index (κ2) is 5.32. The van der Waals surface area contributed by atoms with E-state index < -0.39 is 5.79 Å². The van der Waals surface area contributed by atoms with E-state index in [1.807, 2.05) is 26.0 Å². The molecule has 3 rings (SSSR count). The molecule has 1 saturated heterocycles. The molecule has 0 bridgehead atoms. The Bertz CT molecular complexity index is 456. The van der Waals surface area contributed by atoms with Crippen molar-refractivity contribution in [1.29, 1.82) is 0 Å². The maximum atomic E-state index is 5.94. The highest BCUT2D eigenvalue weighted by atomic mass is 35.5. The maximum Gasteiger partial charge on any atom is 0.162 e. The zero-order valence-electron chi connectivity index (χ0n) is 12.3. The van der Waals surface area contributed by atoms with E-state index in [1.54, 1.807) is 0 Å². The molecular weight excluding hydrogens is 272 g/mol. The molecule has 2 aliphatic rings. The second-order valence-corrected chi connectivity index (χ2v) is 7.35. The fourth-order valence-corrected chi connectivity index (χ4v) is 3.58. The summed E-state index contributed by atoms with van der Waals surface area (Å²) in [6.45, 7) is 5.69. The molecule has 2 nitrogen and oxygen atoms in total. The number of ether oxygens (including phenoxy) is 2. The zero-order chi connectivity index (χ0) is 14.2. The number of halogens is 1. The molecule has 2 fully saturated rings. The van der Waals surface area contributed by atoms with Gasteiger partial charge in [-0.3, -0.25) is 0 Å². The first-order valence-corrected chi connectivity index (χ1v) is 7.87. The average molecular weight is 295 g/mol. The lowest BCUT2D eigenvalue weighted by Gasteiger charge is -2.41. The van der Waals surface area contributed by atoms with Gasteiger partial charge in [0, 0.05) is 10.4 Å². The van der Waals surface area contributed by atoms with Gasteiger partial charge in [-0.05, 0) is 63.1 Å². The zero-order valence-corrected chi connectivity index (χ0v) is 13.1. The molecule has 1 aliphatic heterocycles. The van der Waals surface area contributed by atoms with Gasteiger partial charge >= 0.3 is 0 Å². The smallest absolute Gasteiger partial charge is 0.162 e. The molecule has 1 aliphatic carbocycles. The summed E-state index contributed by atoms with van der Waals surface area (Å²) in [6.07, 6.45) is 4.85. The Hall–Kier alpha value is -0.570. The standard InChI is InChI=1S/C17H23ClO2/c1-16(2)19-11-17(12-20-16)8-7-14(10-17)9-13-3-5-15(18)6-4-13/h3-6,14H,7-12H2,1-2H3. The first-order chi connectivity index (χ1) is 9.46.